The van der Waals surface area contributed by atoms with E-state index in [-0.39, 0.29) is 11.7 Å². The van der Waals surface area contributed by atoms with E-state index in [0.29, 0.717) is 11.1 Å². The van der Waals surface area contributed by atoms with Crippen LogP contribution in [-0.2, 0) is 0 Å². The molecule has 0 bridgehead atoms. The zero-order chi connectivity index (χ0) is 13.1. The zero-order valence-electron chi connectivity index (χ0n) is 11.3. The summed E-state index contributed by atoms with van der Waals surface area (Å²) in [6.07, 6.45) is 4.97. The Morgan fingerprint density at radius 3 is 2.56 bits per heavy atom. The molecule has 1 N–H and O–H groups in total. The molecule has 2 rings (SSSR count). The van der Waals surface area contributed by atoms with Crippen molar-refractivity contribution in [2.24, 2.45) is 11.8 Å². The van der Waals surface area contributed by atoms with Crippen LogP contribution in [-0.4, -0.2) is 5.11 Å². The highest BCUT2D eigenvalue weighted by molar-refractivity contribution is 5.27. The van der Waals surface area contributed by atoms with Crippen molar-refractivity contribution < 1.29 is 9.50 Å². The average molecular weight is 250 g/mol. The highest BCUT2D eigenvalue weighted by Crippen LogP contribution is 2.38. The molecule has 0 aromatic heterocycles. The summed E-state index contributed by atoms with van der Waals surface area (Å²) in [6.45, 7) is 3.97. The van der Waals surface area contributed by atoms with Crippen LogP contribution >= 0.6 is 0 Å². The van der Waals surface area contributed by atoms with Crippen molar-refractivity contribution in [3.63, 3.8) is 0 Å². The molecule has 2 heteroatoms. The Morgan fingerprint density at radius 1 is 1.28 bits per heavy atom. The molecule has 100 valence electrons. The Hall–Kier alpha value is -0.890. The minimum atomic E-state index is -0.636. The van der Waals surface area contributed by atoms with Crippen molar-refractivity contribution in [2.45, 2.75) is 52.1 Å². The average Bonchev–Trinajstić information content (AvgIpc) is 2.41. The predicted molar refractivity (Wildman–Crippen MR) is 71.8 cm³/mol. The highest BCUT2D eigenvalue weighted by Gasteiger charge is 2.28. The fraction of sp³-hybridized carbons (Fsp3) is 0.625. The molecule has 0 saturated heterocycles. The van der Waals surface area contributed by atoms with Gasteiger partial charge in [-0.2, -0.15) is 0 Å². The summed E-state index contributed by atoms with van der Waals surface area (Å²) in [7, 11) is 0. The lowest BCUT2D eigenvalue weighted by molar-refractivity contribution is 0.0700. The van der Waals surface area contributed by atoms with Crippen molar-refractivity contribution in [2.75, 3.05) is 0 Å². The maximum absolute atomic E-state index is 14.0. The van der Waals surface area contributed by atoms with Gasteiger partial charge in [0.15, 0.2) is 0 Å². The quantitative estimate of drug-likeness (QED) is 0.843. The van der Waals surface area contributed by atoms with Crippen LogP contribution in [0, 0.1) is 24.6 Å². The lowest BCUT2D eigenvalue weighted by atomic mass is 9.77. The molecule has 1 aromatic rings. The molecule has 0 amide bonds. The summed E-state index contributed by atoms with van der Waals surface area (Å²) in [4.78, 5) is 0. The van der Waals surface area contributed by atoms with Crippen LogP contribution in [0.4, 0.5) is 4.39 Å². The van der Waals surface area contributed by atoms with Crippen LogP contribution in [0.5, 0.6) is 0 Å². The van der Waals surface area contributed by atoms with Gasteiger partial charge in [-0.3, -0.25) is 0 Å². The van der Waals surface area contributed by atoms with Gasteiger partial charge in [-0.15, -0.1) is 0 Å². The number of aliphatic hydroxyl groups excluding tert-OH is 1. The van der Waals surface area contributed by atoms with Gasteiger partial charge in [-0.1, -0.05) is 44.4 Å². The third-order valence-electron chi connectivity index (χ3n) is 4.46. The molecule has 0 spiro atoms. The molecule has 1 aromatic carbocycles. The molecule has 1 saturated carbocycles. The van der Waals surface area contributed by atoms with Gasteiger partial charge in [0.05, 0.1) is 6.10 Å². The largest absolute Gasteiger partial charge is 0.388 e. The third kappa shape index (κ3) is 2.74. The van der Waals surface area contributed by atoms with Gasteiger partial charge in [0.1, 0.15) is 5.82 Å². The van der Waals surface area contributed by atoms with Crippen molar-refractivity contribution in [1.29, 1.82) is 0 Å². The Balaban J connectivity index is 2.08. The van der Waals surface area contributed by atoms with Crippen LogP contribution in [0.25, 0.3) is 0 Å². The Labute approximate surface area is 109 Å². The van der Waals surface area contributed by atoms with Crippen molar-refractivity contribution in [1.82, 2.24) is 0 Å². The summed E-state index contributed by atoms with van der Waals surface area (Å²) >= 11 is 0. The second kappa shape index (κ2) is 5.83. The van der Waals surface area contributed by atoms with Crippen LogP contribution in [0.1, 0.15) is 56.3 Å². The molecule has 0 radical (unpaired) electrons. The van der Waals surface area contributed by atoms with Gasteiger partial charge in [-0.05, 0) is 37.2 Å². The van der Waals surface area contributed by atoms with Crippen molar-refractivity contribution >= 4 is 0 Å². The maximum atomic E-state index is 14.0. The predicted octanol–water partition coefficient (Wildman–Crippen LogP) is 4.38. The summed E-state index contributed by atoms with van der Waals surface area (Å²) in [6, 6.07) is 5.30. The number of benzene rings is 1. The highest BCUT2D eigenvalue weighted by atomic mass is 19.1. The van der Waals surface area contributed by atoms with E-state index >= 15 is 0 Å². The summed E-state index contributed by atoms with van der Waals surface area (Å²) in [5, 5.41) is 10.4. The molecule has 1 unspecified atom stereocenters. The Kier molecular flexibility index (Phi) is 4.39. The van der Waals surface area contributed by atoms with E-state index in [9.17, 15) is 9.50 Å². The third-order valence-corrected chi connectivity index (χ3v) is 4.46. The first-order chi connectivity index (χ1) is 8.63. The summed E-state index contributed by atoms with van der Waals surface area (Å²) in [5.41, 5.74) is 1.10. The molecular formula is C16H23FO. The minimum absolute atomic E-state index is 0.226. The molecule has 1 aliphatic rings. The first-order valence-electron chi connectivity index (χ1n) is 7.06. The standard InChI is InChI=1S/C16H23FO/c1-3-12-7-9-13(10-8-12)16(18)14-6-4-5-11(2)15(14)17/h4-6,12-13,16,18H,3,7-10H2,1-2H3. The number of hydrogen-bond acceptors (Lipinski definition) is 1. The lowest BCUT2D eigenvalue weighted by Gasteiger charge is -2.31. The SMILES string of the molecule is CCC1CCC(C(O)c2cccc(C)c2F)CC1. The first kappa shape index (κ1) is 13.5. The number of hydrogen-bond donors (Lipinski definition) is 1. The fourth-order valence-corrected chi connectivity index (χ4v) is 3.06. The smallest absolute Gasteiger partial charge is 0.131 e. The number of aryl methyl sites for hydroxylation is 1. The fourth-order valence-electron chi connectivity index (χ4n) is 3.06. The molecular weight excluding hydrogens is 227 g/mol. The van der Waals surface area contributed by atoms with Gasteiger partial charge in [0, 0.05) is 5.56 Å². The van der Waals surface area contributed by atoms with E-state index in [1.807, 2.05) is 6.07 Å². The molecule has 1 nitrogen and oxygen atoms in total. The lowest BCUT2D eigenvalue weighted by Crippen LogP contribution is -2.21. The van der Waals surface area contributed by atoms with Gasteiger partial charge in [0.2, 0.25) is 0 Å². The maximum Gasteiger partial charge on any atom is 0.131 e. The van der Waals surface area contributed by atoms with E-state index in [4.69, 9.17) is 0 Å². The monoisotopic (exact) mass is 250 g/mol. The van der Waals surface area contributed by atoms with Gasteiger partial charge >= 0.3 is 0 Å². The van der Waals surface area contributed by atoms with Crippen LogP contribution < -0.4 is 0 Å². The second-order valence-electron chi connectivity index (χ2n) is 5.61. The van der Waals surface area contributed by atoms with Crippen molar-refractivity contribution in [3.05, 3.63) is 35.1 Å². The van der Waals surface area contributed by atoms with Gasteiger partial charge < -0.3 is 5.11 Å². The molecule has 0 aliphatic heterocycles. The van der Waals surface area contributed by atoms with E-state index in [1.54, 1.807) is 19.1 Å². The second-order valence-corrected chi connectivity index (χ2v) is 5.61. The van der Waals surface area contributed by atoms with Crippen molar-refractivity contribution in [3.8, 4) is 0 Å². The van der Waals surface area contributed by atoms with Crippen LogP contribution in [0.3, 0.4) is 0 Å². The van der Waals surface area contributed by atoms with Gasteiger partial charge in [0.25, 0.3) is 0 Å². The molecule has 18 heavy (non-hydrogen) atoms. The van der Waals surface area contributed by atoms with E-state index in [0.717, 1.165) is 18.8 Å². The molecule has 1 atom stereocenters. The Bertz CT molecular complexity index is 394. The summed E-state index contributed by atoms with van der Waals surface area (Å²) in [5.74, 6) is 0.794. The number of aliphatic hydroxyl groups is 1. The topological polar surface area (TPSA) is 20.2 Å². The van der Waals surface area contributed by atoms with E-state index in [1.165, 1.54) is 19.3 Å². The molecule has 1 fully saturated rings. The molecule has 0 heterocycles. The van der Waals surface area contributed by atoms with E-state index in [2.05, 4.69) is 6.92 Å². The number of halogens is 1. The van der Waals surface area contributed by atoms with E-state index < -0.39 is 6.10 Å². The normalized spacial score (nSPS) is 26.0. The van der Waals surface area contributed by atoms with Gasteiger partial charge in [-0.25, -0.2) is 4.39 Å². The van der Waals surface area contributed by atoms with Crippen LogP contribution in [0.15, 0.2) is 18.2 Å². The number of rotatable bonds is 3. The van der Waals surface area contributed by atoms with Crippen LogP contribution in [0.2, 0.25) is 0 Å². The first-order valence-corrected chi connectivity index (χ1v) is 7.06. The Morgan fingerprint density at radius 2 is 1.94 bits per heavy atom. The summed E-state index contributed by atoms with van der Waals surface area (Å²) < 4.78 is 14.0. The minimum Gasteiger partial charge on any atom is -0.388 e. The molecule has 1 aliphatic carbocycles. The zero-order valence-corrected chi connectivity index (χ0v) is 11.3.